The summed E-state index contributed by atoms with van der Waals surface area (Å²) in [6.07, 6.45) is 4.41. The third-order valence-corrected chi connectivity index (χ3v) is 2.42. The van der Waals surface area contributed by atoms with Crippen LogP contribution < -0.4 is 0 Å². The molecule has 1 aliphatic carbocycles. The lowest BCUT2D eigenvalue weighted by Gasteiger charge is -2.15. The molecule has 0 unspecified atom stereocenters. The number of benzene rings is 1. The van der Waals surface area contributed by atoms with Gasteiger partial charge in [0.1, 0.15) is 0 Å². The van der Waals surface area contributed by atoms with Gasteiger partial charge in [0, 0.05) is 4.86 Å². The van der Waals surface area contributed by atoms with Crippen LogP contribution in [0, 0.1) is 6.42 Å². The molecule has 0 aliphatic heterocycles. The van der Waals surface area contributed by atoms with Crippen molar-refractivity contribution in [2.24, 2.45) is 0 Å². The highest BCUT2D eigenvalue weighted by molar-refractivity contribution is 7.80. The van der Waals surface area contributed by atoms with E-state index in [0.717, 1.165) is 17.7 Å². The zero-order valence-electron chi connectivity index (χ0n) is 6.21. The van der Waals surface area contributed by atoms with Crippen molar-refractivity contribution in [3.05, 3.63) is 41.8 Å². The van der Waals surface area contributed by atoms with E-state index in [1.165, 1.54) is 11.1 Å². The normalized spacial score (nSPS) is 16.2. The minimum absolute atomic E-state index is 1.05. The Morgan fingerprint density at radius 2 is 2.00 bits per heavy atom. The molecule has 1 heteroatoms. The summed E-state index contributed by atoms with van der Waals surface area (Å²) in [5.74, 6) is 0. The maximum atomic E-state index is 5.24. The van der Waals surface area contributed by atoms with E-state index in [1.54, 1.807) is 0 Å². The fourth-order valence-corrected chi connectivity index (χ4v) is 1.73. The lowest BCUT2D eigenvalue weighted by Crippen LogP contribution is -2.07. The van der Waals surface area contributed by atoms with Crippen LogP contribution in [0.3, 0.4) is 0 Å². The van der Waals surface area contributed by atoms with Crippen LogP contribution in [-0.4, -0.2) is 4.86 Å². The van der Waals surface area contributed by atoms with E-state index >= 15 is 0 Å². The Balaban J connectivity index is 2.52. The second-order valence-corrected chi connectivity index (χ2v) is 3.25. The summed E-state index contributed by atoms with van der Waals surface area (Å²) in [5.41, 5.74) is 2.57. The van der Waals surface area contributed by atoms with E-state index in [4.69, 9.17) is 12.2 Å². The zero-order chi connectivity index (χ0) is 7.68. The molecule has 0 saturated carbocycles. The molecule has 11 heavy (non-hydrogen) atoms. The molecule has 0 nitrogen and oxygen atoms in total. The third-order valence-electron chi connectivity index (χ3n) is 2.00. The quantitative estimate of drug-likeness (QED) is 0.527. The van der Waals surface area contributed by atoms with Crippen LogP contribution in [-0.2, 0) is 0 Å². The van der Waals surface area contributed by atoms with Crippen molar-refractivity contribution < 1.29 is 0 Å². The molecule has 1 aromatic rings. The van der Waals surface area contributed by atoms with Crippen molar-refractivity contribution in [3.8, 4) is 0 Å². The number of hydrogen-bond acceptors (Lipinski definition) is 1. The smallest absolute Gasteiger partial charge is 0.0227 e. The number of rotatable bonds is 0. The highest BCUT2D eigenvalue weighted by atomic mass is 32.1. The Morgan fingerprint density at radius 3 is 2.82 bits per heavy atom. The summed E-state index contributed by atoms with van der Waals surface area (Å²) in [6, 6.07) is 8.34. The average molecular weight is 161 g/mol. The fourth-order valence-electron chi connectivity index (χ4n) is 1.42. The molecule has 1 aliphatic rings. The minimum Gasteiger partial charge on any atom is -0.0843 e. The van der Waals surface area contributed by atoms with Gasteiger partial charge in [-0.2, -0.15) is 0 Å². The maximum absolute atomic E-state index is 5.24. The van der Waals surface area contributed by atoms with Crippen molar-refractivity contribution in [1.82, 2.24) is 0 Å². The Labute approximate surface area is 72.2 Å². The first-order valence-corrected chi connectivity index (χ1v) is 4.24. The van der Waals surface area contributed by atoms with Crippen LogP contribution in [0.2, 0.25) is 0 Å². The summed E-state index contributed by atoms with van der Waals surface area (Å²) in [7, 11) is 0. The summed E-state index contributed by atoms with van der Waals surface area (Å²) >= 11 is 5.24. The molecule has 0 fully saturated rings. The number of thiocarbonyl (C=S) groups is 1. The van der Waals surface area contributed by atoms with Gasteiger partial charge in [0.05, 0.1) is 0 Å². The first-order chi connectivity index (χ1) is 5.38. The third kappa shape index (κ3) is 1.21. The Kier molecular flexibility index (Phi) is 1.74. The highest BCUT2D eigenvalue weighted by Gasteiger charge is 2.11. The van der Waals surface area contributed by atoms with Crippen molar-refractivity contribution >= 4 is 17.1 Å². The van der Waals surface area contributed by atoms with Crippen LogP contribution in [0.15, 0.2) is 24.3 Å². The Morgan fingerprint density at radius 1 is 1.18 bits per heavy atom. The number of fused-ring (bicyclic) bond motifs is 1. The predicted octanol–water partition coefficient (Wildman–Crippen LogP) is 2.75. The fraction of sp³-hybridized carbons (Fsp3) is 0.200. The molecular weight excluding hydrogens is 152 g/mol. The van der Waals surface area contributed by atoms with Gasteiger partial charge < -0.3 is 0 Å². The standard InChI is InChI=1S/C10H9S/c11-10-7-3-5-8-4-1-2-6-9(8)10/h1-2,4-6H,3,7H2. The molecule has 0 aromatic heterocycles. The van der Waals surface area contributed by atoms with E-state index in [1.807, 2.05) is 6.07 Å². The van der Waals surface area contributed by atoms with Crippen molar-refractivity contribution in [2.45, 2.75) is 12.8 Å². The molecule has 0 saturated heterocycles. The van der Waals surface area contributed by atoms with Gasteiger partial charge in [-0.15, -0.1) is 0 Å². The van der Waals surface area contributed by atoms with Crippen LogP contribution in [0.25, 0.3) is 0 Å². The van der Waals surface area contributed by atoms with Crippen molar-refractivity contribution in [2.75, 3.05) is 0 Å². The molecule has 1 aromatic carbocycles. The topological polar surface area (TPSA) is 0 Å². The molecule has 2 rings (SSSR count). The molecule has 1 radical (unpaired) electrons. The molecule has 55 valence electrons. The first kappa shape index (κ1) is 6.99. The van der Waals surface area contributed by atoms with Crippen LogP contribution in [0.1, 0.15) is 24.0 Å². The lowest BCUT2D eigenvalue weighted by molar-refractivity contribution is 1.01. The van der Waals surface area contributed by atoms with Crippen molar-refractivity contribution in [3.63, 3.8) is 0 Å². The van der Waals surface area contributed by atoms with Gasteiger partial charge >= 0.3 is 0 Å². The zero-order valence-corrected chi connectivity index (χ0v) is 7.03. The molecule has 0 atom stereocenters. The van der Waals surface area contributed by atoms with Crippen molar-refractivity contribution in [1.29, 1.82) is 0 Å². The predicted molar refractivity (Wildman–Crippen MR) is 50.8 cm³/mol. The maximum Gasteiger partial charge on any atom is 0.0227 e. The number of hydrogen-bond donors (Lipinski definition) is 0. The second kappa shape index (κ2) is 2.74. The monoisotopic (exact) mass is 161 g/mol. The van der Waals surface area contributed by atoms with Gasteiger partial charge in [0.2, 0.25) is 0 Å². The van der Waals surface area contributed by atoms with Crippen LogP contribution in [0.5, 0.6) is 0 Å². The molecular formula is C10H9S. The molecule has 0 N–H and O–H groups in total. The summed E-state index contributed by atoms with van der Waals surface area (Å²) < 4.78 is 0. The first-order valence-electron chi connectivity index (χ1n) is 3.83. The SMILES string of the molecule is S=C1CC[CH]c2ccccc21. The average Bonchev–Trinajstić information content (AvgIpc) is 2.06. The van der Waals surface area contributed by atoms with E-state index in [0.29, 0.717) is 0 Å². The molecule has 0 amide bonds. The van der Waals surface area contributed by atoms with E-state index in [-0.39, 0.29) is 0 Å². The Hall–Kier alpha value is -0.690. The van der Waals surface area contributed by atoms with Gasteiger partial charge in [-0.1, -0.05) is 36.5 Å². The second-order valence-electron chi connectivity index (χ2n) is 2.75. The van der Waals surface area contributed by atoms with E-state index in [2.05, 4.69) is 24.6 Å². The van der Waals surface area contributed by atoms with Gasteiger partial charge in [-0.3, -0.25) is 0 Å². The summed E-state index contributed by atoms with van der Waals surface area (Å²) in [4.78, 5) is 1.11. The largest absolute Gasteiger partial charge is 0.0843 e. The van der Waals surface area contributed by atoms with Gasteiger partial charge in [-0.25, -0.2) is 0 Å². The van der Waals surface area contributed by atoms with Crippen LogP contribution in [0.4, 0.5) is 0 Å². The minimum atomic E-state index is 1.05. The van der Waals surface area contributed by atoms with Gasteiger partial charge in [0.25, 0.3) is 0 Å². The summed E-state index contributed by atoms with van der Waals surface area (Å²) in [5, 5.41) is 0. The van der Waals surface area contributed by atoms with Gasteiger partial charge in [-0.05, 0) is 30.4 Å². The highest BCUT2D eigenvalue weighted by Crippen LogP contribution is 2.22. The van der Waals surface area contributed by atoms with Gasteiger partial charge in [0.15, 0.2) is 0 Å². The van der Waals surface area contributed by atoms with E-state index < -0.39 is 0 Å². The lowest BCUT2D eigenvalue weighted by atomic mass is 9.92. The molecule has 0 spiro atoms. The summed E-state index contributed by atoms with van der Waals surface area (Å²) in [6.45, 7) is 0. The Bertz CT molecular complexity index is 289. The van der Waals surface area contributed by atoms with Crippen LogP contribution >= 0.6 is 12.2 Å². The molecule has 0 heterocycles. The molecule has 0 bridgehead atoms. The van der Waals surface area contributed by atoms with E-state index in [9.17, 15) is 0 Å².